The molecule has 2 heterocycles. The lowest BCUT2D eigenvalue weighted by Gasteiger charge is -2.19. The van der Waals surface area contributed by atoms with Gasteiger partial charge in [-0.25, -0.2) is 9.97 Å². The van der Waals surface area contributed by atoms with Gasteiger partial charge < -0.3 is 5.32 Å². The Morgan fingerprint density at radius 2 is 1.95 bits per heavy atom. The van der Waals surface area contributed by atoms with E-state index in [4.69, 9.17) is 0 Å². The van der Waals surface area contributed by atoms with Crippen LogP contribution >= 0.6 is 11.3 Å². The van der Waals surface area contributed by atoms with E-state index in [-0.39, 0.29) is 0 Å². The minimum Gasteiger partial charge on any atom is -0.362 e. The third-order valence-corrected chi connectivity index (χ3v) is 4.63. The number of fused-ring (bicyclic) bond motifs is 1. The summed E-state index contributed by atoms with van der Waals surface area (Å²) in [6, 6.07) is 13.1. The summed E-state index contributed by atoms with van der Waals surface area (Å²) in [5.74, 6) is 1.68. The van der Waals surface area contributed by atoms with E-state index in [0.717, 1.165) is 22.0 Å². The standard InChI is InChI=1S/C16H15N3S/c1-2-4-11(5-3-1)14(12-6-7-12)19-15-13-8-9-20-16(13)18-10-17-15/h1-5,8-10,12,14H,6-7H2,(H,17,18,19)/t14-/m1/s1. The lowest BCUT2D eigenvalue weighted by molar-refractivity contribution is 0.676. The number of hydrogen-bond donors (Lipinski definition) is 1. The van der Waals surface area contributed by atoms with Gasteiger partial charge in [-0.05, 0) is 35.8 Å². The second-order valence-electron chi connectivity index (χ2n) is 5.23. The normalized spacial score (nSPS) is 16.2. The maximum absolute atomic E-state index is 4.44. The Morgan fingerprint density at radius 1 is 1.10 bits per heavy atom. The zero-order chi connectivity index (χ0) is 13.4. The Hall–Kier alpha value is -1.94. The molecular formula is C16H15N3S. The van der Waals surface area contributed by atoms with Gasteiger partial charge in [-0.3, -0.25) is 0 Å². The van der Waals surface area contributed by atoms with Crippen LogP contribution in [-0.2, 0) is 0 Å². The van der Waals surface area contributed by atoms with Crippen molar-refractivity contribution in [2.45, 2.75) is 18.9 Å². The Morgan fingerprint density at radius 3 is 2.75 bits per heavy atom. The van der Waals surface area contributed by atoms with Crippen LogP contribution in [0.4, 0.5) is 5.82 Å². The summed E-state index contributed by atoms with van der Waals surface area (Å²) in [4.78, 5) is 9.80. The minimum atomic E-state index is 0.356. The van der Waals surface area contributed by atoms with Gasteiger partial charge in [0.05, 0.1) is 11.4 Å². The summed E-state index contributed by atoms with van der Waals surface area (Å²) in [5, 5.41) is 6.83. The molecule has 100 valence electrons. The fourth-order valence-corrected chi connectivity index (χ4v) is 3.35. The van der Waals surface area contributed by atoms with Crippen molar-refractivity contribution in [2.24, 2.45) is 5.92 Å². The summed E-state index contributed by atoms with van der Waals surface area (Å²) < 4.78 is 0. The zero-order valence-electron chi connectivity index (χ0n) is 11.0. The molecule has 1 aliphatic carbocycles. The number of nitrogens with zero attached hydrogens (tertiary/aromatic N) is 2. The Bertz CT molecular complexity index is 719. The number of anilines is 1. The summed E-state index contributed by atoms with van der Waals surface area (Å²) in [5.41, 5.74) is 1.34. The highest BCUT2D eigenvalue weighted by atomic mass is 32.1. The van der Waals surface area contributed by atoms with Crippen molar-refractivity contribution in [2.75, 3.05) is 5.32 Å². The van der Waals surface area contributed by atoms with Gasteiger partial charge in [0.2, 0.25) is 0 Å². The van der Waals surface area contributed by atoms with Gasteiger partial charge in [0, 0.05) is 0 Å². The van der Waals surface area contributed by atoms with Gasteiger partial charge in [-0.2, -0.15) is 0 Å². The van der Waals surface area contributed by atoms with Gasteiger partial charge >= 0.3 is 0 Å². The molecule has 0 aliphatic heterocycles. The number of hydrogen-bond acceptors (Lipinski definition) is 4. The second-order valence-corrected chi connectivity index (χ2v) is 6.13. The largest absolute Gasteiger partial charge is 0.362 e. The summed E-state index contributed by atoms with van der Waals surface area (Å²) in [7, 11) is 0. The van der Waals surface area contributed by atoms with E-state index in [1.54, 1.807) is 17.7 Å². The molecule has 0 saturated heterocycles. The minimum absolute atomic E-state index is 0.356. The Balaban J connectivity index is 1.70. The van der Waals surface area contributed by atoms with Crippen molar-refractivity contribution >= 4 is 27.4 Å². The molecule has 1 fully saturated rings. The van der Waals surface area contributed by atoms with Crippen molar-refractivity contribution < 1.29 is 0 Å². The summed E-state index contributed by atoms with van der Waals surface area (Å²) in [6.07, 6.45) is 4.24. The van der Waals surface area contributed by atoms with Crippen LogP contribution in [0.25, 0.3) is 10.2 Å². The van der Waals surface area contributed by atoms with Crippen LogP contribution < -0.4 is 5.32 Å². The van der Waals surface area contributed by atoms with E-state index < -0.39 is 0 Å². The summed E-state index contributed by atoms with van der Waals surface area (Å²) >= 11 is 1.66. The van der Waals surface area contributed by atoms with E-state index in [1.165, 1.54) is 18.4 Å². The van der Waals surface area contributed by atoms with Gasteiger partial charge in [0.1, 0.15) is 17.0 Å². The number of thiophene rings is 1. The second kappa shape index (κ2) is 4.87. The van der Waals surface area contributed by atoms with Crippen LogP contribution in [-0.4, -0.2) is 9.97 Å². The molecule has 4 heteroatoms. The van der Waals surface area contributed by atoms with E-state index >= 15 is 0 Å². The number of nitrogens with one attached hydrogen (secondary N) is 1. The van der Waals surface area contributed by atoms with E-state index in [9.17, 15) is 0 Å². The van der Waals surface area contributed by atoms with Crippen molar-refractivity contribution in [1.29, 1.82) is 0 Å². The molecule has 1 aromatic carbocycles. The fraction of sp³-hybridized carbons (Fsp3) is 0.250. The zero-order valence-corrected chi connectivity index (χ0v) is 11.8. The van der Waals surface area contributed by atoms with Crippen LogP contribution in [0.2, 0.25) is 0 Å². The maximum atomic E-state index is 4.44. The molecular weight excluding hydrogens is 266 g/mol. The predicted octanol–water partition coefficient (Wildman–Crippen LogP) is 4.25. The highest BCUT2D eigenvalue weighted by Crippen LogP contribution is 2.43. The highest BCUT2D eigenvalue weighted by molar-refractivity contribution is 7.16. The molecule has 0 amide bonds. The molecule has 0 radical (unpaired) electrons. The fourth-order valence-electron chi connectivity index (χ4n) is 2.62. The van der Waals surface area contributed by atoms with Crippen molar-refractivity contribution in [3.05, 3.63) is 53.7 Å². The molecule has 1 N–H and O–H groups in total. The first kappa shape index (κ1) is 11.9. The van der Waals surface area contributed by atoms with Gasteiger partial charge in [0.25, 0.3) is 0 Å². The lowest BCUT2D eigenvalue weighted by Crippen LogP contribution is -2.14. The Labute approximate surface area is 121 Å². The smallest absolute Gasteiger partial charge is 0.138 e. The molecule has 1 saturated carbocycles. The third kappa shape index (κ3) is 2.16. The van der Waals surface area contributed by atoms with Crippen molar-refractivity contribution in [3.8, 4) is 0 Å². The number of benzene rings is 1. The van der Waals surface area contributed by atoms with E-state index in [0.29, 0.717) is 6.04 Å². The molecule has 1 atom stereocenters. The van der Waals surface area contributed by atoms with Crippen LogP contribution in [0.1, 0.15) is 24.4 Å². The predicted molar refractivity (Wildman–Crippen MR) is 82.9 cm³/mol. The maximum Gasteiger partial charge on any atom is 0.138 e. The van der Waals surface area contributed by atoms with E-state index in [2.05, 4.69) is 57.1 Å². The van der Waals surface area contributed by atoms with Crippen molar-refractivity contribution in [3.63, 3.8) is 0 Å². The van der Waals surface area contributed by atoms with Gasteiger partial charge in [-0.1, -0.05) is 30.3 Å². The number of aromatic nitrogens is 2. The first-order valence-corrected chi connectivity index (χ1v) is 7.79. The molecule has 0 spiro atoms. The van der Waals surface area contributed by atoms with E-state index in [1.807, 2.05) is 0 Å². The van der Waals surface area contributed by atoms with Crippen LogP contribution in [0.15, 0.2) is 48.1 Å². The van der Waals surface area contributed by atoms with Crippen LogP contribution in [0, 0.1) is 5.92 Å². The molecule has 0 bridgehead atoms. The molecule has 3 nitrogen and oxygen atoms in total. The molecule has 1 aliphatic rings. The van der Waals surface area contributed by atoms with Crippen LogP contribution in [0.3, 0.4) is 0 Å². The summed E-state index contributed by atoms with van der Waals surface area (Å²) in [6.45, 7) is 0. The average Bonchev–Trinajstić information content (AvgIpc) is 3.22. The van der Waals surface area contributed by atoms with Gasteiger partial charge in [-0.15, -0.1) is 11.3 Å². The molecule has 20 heavy (non-hydrogen) atoms. The molecule has 0 unspecified atom stereocenters. The molecule has 2 aromatic heterocycles. The SMILES string of the molecule is c1ccc([C@@H](Nc2ncnc3sccc23)C2CC2)cc1. The van der Waals surface area contributed by atoms with Crippen molar-refractivity contribution in [1.82, 2.24) is 9.97 Å². The topological polar surface area (TPSA) is 37.8 Å². The average molecular weight is 281 g/mol. The molecule has 3 aromatic rings. The molecule has 4 rings (SSSR count). The quantitative estimate of drug-likeness (QED) is 0.776. The van der Waals surface area contributed by atoms with Gasteiger partial charge in [0.15, 0.2) is 0 Å². The first-order valence-electron chi connectivity index (χ1n) is 6.91. The number of rotatable bonds is 4. The Kier molecular flexibility index (Phi) is 2.89. The third-order valence-electron chi connectivity index (χ3n) is 3.81. The van der Waals surface area contributed by atoms with Crippen LogP contribution in [0.5, 0.6) is 0 Å². The first-order chi connectivity index (χ1) is 9.92. The lowest BCUT2D eigenvalue weighted by atomic mass is 10.0. The highest BCUT2D eigenvalue weighted by Gasteiger charge is 2.32. The monoisotopic (exact) mass is 281 g/mol.